The number of pyridine rings is 1. The van der Waals surface area contributed by atoms with Crippen molar-refractivity contribution < 1.29 is 13.5 Å². The van der Waals surface area contributed by atoms with Crippen molar-refractivity contribution in [3.63, 3.8) is 0 Å². The number of benzene rings is 1. The van der Waals surface area contributed by atoms with Crippen LogP contribution in [-0.4, -0.2) is 28.5 Å². The van der Waals surface area contributed by atoms with Gasteiger partial charge in [0, 0.05) is 23.6 Å². The minimum absolute atomic E-state index is 0.0419. The Kier molecular flexibility index (Phi) is 4.80. The van der Waals surface area contributed by atoms with Gasteiger partial charge in [0.2, 0.25) is 10.0 Å². The van der Waals surface area contributed by atoms with Crippen LogP contribution in [0, 0.1) is 0 Å². The molecule has 10 heteroatoms. The molecule has 0 saturated heterocycles. The molecular weight excluding hydrogens is 356 g/mol. The lowest BCUT2D eigenvalue weighted by Gasteiger charge is -2.16. The molecule has 0 saturated carbocycles. The normalized spacial score (nSPS) is 12.5. The molecule has 0 radical (unpaired) electrons. The van der Waals surface area contributed by atoms with Gasteiger partial charge in [-0.15, -0.1) is 0 Å². The highest BCUT2D eigenvalue weighted by molar-refractivity contribution is 7.89. The van der Waals surface area contributed by atoms with Gasteiger partial charge < -0.3 is 16.2 Å². The second kappa shape index (κ2) is 7.04. The van der Waals surface area contributed by atoms with Gasteiger partial charge in [0.05, 0.1) is 16.8 Å². The number of hydrogen-bond acceptors (Lipinski definition) is 8. The first kappa shape index (κ1) is 17.7. The largest absolute Gasteiger partial charge is 0.382 e. The van der Waals surface area contributed by atoms with Gasteiger partial charge in [0.25, 0.3) is 0 Å². The first-order valence-electron chi connectivity index (χ1n) is 7.45. The van der Waals surface area contributed by atoms with Gasteiger partial charge in [0.1, 0.15) is 11.5 Å². The molecule has 0 aliphatic carbocycles. The summed E-state index contributed by atoms with van der Waals surface area (Å²) in [5.41, 5.74) is 7.45. The molecular formula is C16H16N6O3S. The van der Waals surface area contributed by atoms with Crippen LogP contribution in [0.4, 0.5) is 11.5 Å². The van der Waals surface area contributed by atoms with Crippen LogP contribution in [0.25, 0.3) is 11.3 Å². The van der Waals surface area contributed by atoms with E-state index in [9.17, 15) is 13.5 Å². The van der Waals surface area contributed by atoms with E-state index in [1.807, 2.05) is 0 Å². The number of aliphatic hydroxyl groups excluding tert-OH is 1. The maximum absolute atomic E-state index is 11.4. The fourth-order valence-electron chi connectivity index (χ4n) is 2.26. The third kappa shape index (κ3) is 3.94. The summed E-state index contributed by atoms with van der Waals surface area (Å²) in [4.78, 5) is 12.3. The molecule has 0 spiro atoms. The second-order valence-electron chi connectivity index (χ2n) is 5.39. The summed E-state index contributed by atoms with van der Waals surface area (Å²) >= 11 is 0. The lowest BCUT2D eigenvalue weighted by molar-refractivity contribution is 0.204. The van der Waals surface area contributed by atoms with Gasteiger partial charge in [-0.3, -0.25) is 4.98 Å². The highest BCUT2D eigenvalue weighted by atomic mass is 32.2. The van der Waals surface area contributed by atoms with Crippen molar-refractivity contribution >= 4 is 21.5 Å². The summed E-state index contributed by atoms with van der Waals surface area (Å²) in [6, 6.07) is 9.27. The van der Waals surface area contributed by atoms with E-state index in [-0.39, 0.29) is 16.4 Å². The predicted octanol–water partition coefficient (Wildman–Crippen LogP) is 0.871. The smallest absolute Gasteiger partial charge is 0.238 e. The Morgan fingerprint density at radius 2 is 1.96 bits per heavy atom. The summed E-state index contributed by atoms with van der Waals surface area (Å²) in [5.74, 6) is 0.0419. The molecule has 3 aromatic rings. The average molecular weight is 372 g/mol. The molecule has 0 aliphatic rings. The molecule has 0 fully saturated rings. The summed E-state index contributed by atoms with van der Waals surface area (Å²) in [7, 11) is -3.86. The van der Waals surface area contributed by atoms with Crippen LogP contribution in [-0.2, 0) is 10.0 Å². The predicted molar refractivity (Wildman–Crippen MR) is 96.1 cm³/mol. The van der Waals surface area contributed by atoms with Gasteiger partial charge in [-0.1, -0.05) is 6.07 Å². The van der Waals surface area contributed by atoms with E-state index in [2.05, 4.69) is 20.3 Å². The number of aromatic nitrogens is 3. The van der Waals surface area contributed by atoms with Gasteiger partial charge in [0.15, 0.2) is 6.23 Å². The van der Waals surface area contributed by atoms with Crippen molar-refractivity contribution in [2.24, 2.45) is 5.14 Å². The molecule has 0 bridgehead atoms. The van der Waals surface area contributed by atoms with Crippen LogP contribution < -0.4 is 16.2 Å². The van der Waals surface area contributed by atoms with Crippen molar-refractivity contribution in [2.45, 2.75) is 11.1 Å². The molecule has 26 heavy (non-hydrogen) atoms. The van der Waals surface area contributed by atoms with Crippen LogP contribution in [0.5, 0.6) is 0 Å². The number of sulfonamides is 1. The summed E-state index contributed by atoms with van der Waals surface area (Å²) in [6.07, 6.45) is 3.41. The Morgan fingerprint density at radius 3 is 2.65 bits per heavy atom. The fraction of sp³-hybridized carbons (Fsp3) is 0.0625. The van der Waals surface area contributed by atoms with Crippen LogP contribution in [0.2, 0.25) is 0 Å². The lowest BCUT2D eigenvalue weighted by Crippen LogP contribution is -2.16. The first-order chi connectivity index (χ1) is 12.3. The summed E-state index contributed by atoms with van der Waals surface area (Å²) in [6.45, 7) is 0. The number of anilines is 2. The zero-order valence-corrected chi connectivity index (χ0v) is 14.3. The number of nitrogens with one attached hydrogen (secondary N) is 1. The topological polar surface area (TPSA) is 157 Å². The van der Waals surface area contributed by atoms with Crippen LogP contribution in [0.15, 0.2) is 59.9 Å². The molecule has 2 heterocycles. The number of primary sulfonamides is 1. The van der Waals surface area contributed by atoms with Crippen molar-refractivity contribution in [3.8, 4) is 11.3 Å². The molecule has 134 valence electrons. The molecule has 2 aromatic heterocycles. The third-order valence-electron chi connectivity index (χ3n) is 3.51. The minimum Gasteiger partial charge on any atom is -0.382 e. The molecule has 1 atom stereocenters. The quantitative estimate of drug-likeness (QED) is 0.480. The number of aliphatic hydroxyl groups is 1. The number of nitrogens with zero attached hydrogens (tertiary/aromatic N) is 3. The van der Waals surface area contributed by atoms with Crippen LogP contribution in [0.3, 0.4) is 0 Å². The van der Waals surface area contributed by atoms with E-state index in [1.165, 1.54) is 24.4 Å². The van der Waals surface area contributed by atoms with Gasteiger partial charge in [-0.25, -0.2) is 23.5 Å². The Balaban J connectivity index is 1.90. The van der Waals surface area contributed by atoms with Crippen molar-refractivity contribution in [1.29, 1.82) is 0 Å². The molecule has 6 N–H and O–H groups in total. The van der Waals surface area contributed by atoms with Crippen molar-refractivity contribution in [3.05, 3.63) is 60.7 Å². The number of nitrogen functional groups attached to an aromatic ring is 1. The SMILES string of the molecule is Nc1ncc(-c2cccnc2)nc1C(O)Nc1cccc(S(N)(=O)=O)c1. The van der Waals surface area contributed by atoms with Gasteiger partial charge in [-0.05, 0) is 30.3 Å². The van der Waals surface area contributed by atoms with Crippen molar-refractivity contribution in [1.82, 2.24) is 15.0 Å². The van der Waals surface area contributed by atoms with E-state index in [0.29, 0.717) is 16.9 Å². The van der Waals surface area contributed by atoms with E-state index < -0.39 is 16.3 Å². The molecule has 0 amide bonds. The van der Waals surface area contributed by atoms with E-state index in [4.69, 9.17) is 10.9 Å². The third-order valence-corrected chi connectivity index (χ3v) is 4.42. The first-order valence-corrected chi connectivity index (χ1v) is 8.99. The standard InChI is InChI=1S/C16H16N6O3S/c17-15-14(22-13(9-20-15)10-3-2-6-19-8-10)16(23)21-11-4-1-5-12(7-11)26(18,24)25/h1-9,16,21,23H,(H2,17,20)(H2,18,24,25). The van der Waals surface area contributed by atoms with Crippen LogP contribution >= 0.6 is 0 Å². The Bertz CT molecular complexity index is 1030. The Morgan fingerprint density at radius 1 is 1.15 bits per heavy atom. The fourth-order valence-corrected chi connectivity index (χ4v) is 2.82. The molecule has 9 nitrogen and oxygen atoms in total. The van der Waals surface area contributed by atoms with Crippen LogP contribution in [0.1, 0.15) is 11.9 Å². The van der Waals surface area contributed by atoms with E-state index in [1.54, 1.807) is 30.6 Å². The van der Waals surface area contributed by atoms with Gasteiger partial charge >= 0.3 is 0 Å². The summed E-state index contributed by atoms with van der Waals surface area (Å²) < 4.78 is 22.9. The van der Waals surface area contributed by atoms with E-state index in [0.717, 1.165) is 0 Å². The number of rotatable bonds is 5. The molecule has 1 aromatic carbocycles. The van der Waals surface area contributed by atoms with Crippen molar-refractivity contribution in [2.75, 3.05) is 11.1 Å². The maximum Gasteiger partial charge on any atom is 0.238 e. The molecule has 1 unspecified atom stereocenters. The number of hydrogen-bond donors (Lipinski definition) is 4. The number of nitrogens with two attached hydrogens (primary N) is 2. The Hall–Kier alpha value is -3.08. The van der Waals surface area contributed by atoms with E-state index >= 15 is 0 Å². The minimum atomic E-state index is -3.86. The Labute approximate surface area is 149 Å². The molecule has 3 rings (SSSR count). The lowest BCUT2D eigenvalue weighted by atomic mass is 10.2. The van der Waals surface area contributed by atoms with Gasteiger partial charge in [-0.2, -0.15) is 0 Å². The molecule has 0 aliphatic heterocycles. The monoisotopic (exact) mass is 372 g/mol. The maximum atomic E-state index is 11.4. The highest BCUT2D eigenvalue weighted by Crippen LogP contribution is 2.24. The highest BCUT2D eigenvalue weighted by Gasteiger charge is 2.17. The summed E-state index contributed by atoms with van der Waals surface area (Å²) in [5, 5.41) is 18.3. The average Bonchev–Trinajstić information content (AvgIpc) is 2.62. The zero-order chi connectivity index (χ0) is 18.7. The second-order valence-corrected chi connectivity index (χ2v) is 6.95. The zero-order valence-electron chi connectivity index (χ0n) is 13.4.